The first-order valence-corrected chi connectivity index (χ1v) is 11.0. The molecule has 2 aromatic carbocycles. The van der Waals surface area contributed by atoms with Crippen LogP contribution >= 0.6 is 0 Å². The van der Waals surface area contributed by atoms with Crippen molar-refractivity contribution in [2.45, 2.75) is 25.8 Å². The molecule has 0 saturated carbocycles. The Bertz CT molecular complexity index is 1260. The number of benzene rings is 2. The van der Waals surface area contributed by atoms with Crippen molar-refractivity contribution in [1.29, 1.82) is 0 Å². The van der Waals surface area contributed by atoms with Crippen molar-refractivity contribution in [3.05, 3.63) is 90.3 Å². The topological polar surface area (TPSA) is 104 Å². The fraction of sp³-hybridized carbons (Fsp3) is 0.192. The molecule has 34 heavy (non-hydrogen) atoms. The molecule has 1 unspecified atom stereocenters. The lowest BCUT2D eigenvalue weighted by atomic mass is 10.0. The van der Waals surface area contributed by atoms with Crippen molar-refractivity contribution < 1.29 is 9.90 Å². The standard InChI is InChI=1S/C26H26N6O2/c1-18(21-10-6-7-19(17-21)11-12-24(33)34)29-26-28-16-14-23(31-26)32(2)22-13-15-27-25(30-22)20-8-4-3-5-9-20/h3-10,13-18H,11-12H2,1-2H3,(H,33,34)(H,28,29,31). The summed E-state index contributed by atoms with van der Waals surface area (Å²) in [7, 11) is 1.90. The maximum Gasteiger partial charge on any atom is 0.303 e. The Hall–Kier alpha value is -4.33. The second kappa shape index (κ2) is 10.5. The van der Waals surface area contributed by atoms with E-state index >= 15 is 0 Å². The maximum absolute atomic E-state index is 10.9. The summed E-state index contributed by atoms with van der Waals surface area (Å²) in [5, 5.41) is 12.3. The first-order valence-electron chi connectivity index (χ1n) is 11.0. The molecule has 0 aliphatic carbocycles. The van der Waals surface area contributed by atoms with Gasteiger partial charge in [0.1, 0.15) is 11.6 Å². The predicted molar refractivity (Wildman–Crippen MR) is 132 cm³/mol. The van der Waals surface area contributed by atoms with Gasteiger partial charge in [0.2, 0.25) is 5.95 Å². The summed E-state index contributed by atoms with van der Waals surface area (Å²) < 4.78 is 0. The second-order valence-electron chi connectivity index (χ2n) is 7.91. The summed E-state index contributed by atoms with van der Waals surface area (Å²) in [4.78, 5) is 30.9. The highest BCUT2D eigenvalue weighted by molar-refractivity contribution is 5.67. The summed E-state index contributed by atoms with van der Waals surface area (Å²) in [6.07, 6.45) is 4.05. The normalized spacial score (nSPS) is 11.6. The highest BCUT2D eigenvalue weighted by atomic mass is 16.4. The van der Waals surface area contributed by atoms with Crippen LogP contribution in [0.4, 0.5) is 17.6 Å². The third-order valence-electron chi connectivity index (χ3n) is 5.43. The fourth-order valence-electron chi connectivity index (χ4n) is 3.53. The molecule has 172 valence electrons. The molecule has 0 bridgehead atoms. The number of hydrogen-bond acceptors (Lipinski definition) is 7. The molecule has 8 heteroatoms. The van der Waals surface area contributed by atoms with E-state index in [9.17, 15) is 4.79 Å². The van der Waals surface area contributed by atoms with E-state index in [4.69, 9.17) is 5.11 Å². The monoisotopic (exact) mass is 454 g/mol. The van der Waals surface area contributed by atoms with Crippen LogP contribution in [-0.2, 0) is 11.2 Å². The van der Waals surface area contributed by atoms with E-state index in [1.165, 1.54) is 0 Å². The molecule has 0 radical (unpaired) electrons. The summed E-state index contributed by atoms with van der Waals surface area (Å²) in [6, 6.07) is 21.3. The number of nitrogens with one attached hydrogen (secondary N) is 1. The smallest absolute Gasteiger partial charge is 0.303 e. The number of nitrogens with zero attached hydrogens (tertiary/aromatic N) is 5. The van der Waals surface area contributed by atoms with Crippen LogP contribution in [0.1, 0.15) is 30.5 Å². The maximum atomic E-state index is 10.9. The number of carboxylic acids is 1. The molecule has 0 fully saturated rings. The summed E-state index contributed by atoms with van der Waals surface area (Å²) in [5.41, 5.74) is 2.97. The molecule has 4 aromatic rings. The number of hydrogen-bond donors (Lipinski definition) is 2. The summed E-state index contributed by atoms with van der Waals surface area (Å²) in [5.74, 6) is 1.75. The average Bonchev–Trinajstić information content (AvgIpc) is 2.88. The number of carbonyl (C=O) groups is 1. The molecule has 0 saturated heterocycles. The first-order chi connectivity index (χ1) is 16.5. The number of carboxylic acid groups (broad SMARTS) is 1. The van der Waals surface area contributed by atoms with Crippen LogP contribution in [0.15, 0.2) is 79.1 Å². The number of anilines is 3. The third-order valence-corrected chi connectivity index (χ3v) is 5.43. The van der Waals surface area contributed by atoms with Crippen molar-refractivity contribution in [2.75, 3.05) is 17.3 Å². The Labute approximate surface area is 198 Å². The van der Waals surface area contributed by atoms with Gasteiger partial charge in [0.15, 0.2) is 5.82 Å². The molecular weight excluding hydrogens is 428 g/mol. The largest absolute Gasteiger partial charge is 0.481 e. The Morgan fingerprint density at radius 3 is 2.47 bits per heavy atom. The predicted octanol–water partition coefficient (Wildman–Crippen LogP) is 4.89. The van der Waals surface area contributed by atoms with Gasteiger partial charge in [-0.2, -0.15) is 4.98 Å². The Morgan fingerprint density at radius 1 is 0.971 bits per heavy atom. The van der Waals surface area contributed by atoms with E-state index in [-0.39, 0.29) is 12.5 Å². The van der Waals surface area contributed by atoms with Gasteiger partial charge in [0.25, 0.3) is 0 Å². The van der Waals surface area contributed by atoms with Crippen molar-refractivity contribution in [3.8, 4) is 11.4 Å². The van der Waals surface area contributed by atoms with E-state index in [0.29, 0.717) is 24.0 Å². The van der Waals surface area contributed by atoms with E-state index in [1.54, 1.807) is 12.4 Å². The van der Waals surface area contributed by atoms with Gasteiger partial charge < -0.3 is 15.3 Å². The molecule has 2 heterocycles. The zero-order valence-electron chi connectivity index (χ0n) is 19.1. The van der Waals surface area contributed by atoms with Crippen molar-refractivity contribution in [1.82, 2.24) is 19.9 Å². The fourth-order valence-corrected chi connectivity index (χ4v) is 3.53. The van der Waals surface area contributed by atoms with E-state index in [0.717, 1.165) is 22.5 Å². The zero-order valence-corrected chi connectivity index (χ0v) is 19.1. The average molecular weight is 455 g/mol. The number of aliphatic carboxylic acids is 1. The molecule has 2 aromatic heterocycles. The minimum atomic E-state index is -0.800. The summed E-state index contributed by atoms with van der Waals surface area (Å²) >= 11 is 0. The Morgan fingerprint density at radius 2 is 1.71 bits per heavy atom. The minimum absolute atomic E-state index is 0.0610. The van der Waals surface area contributed by atoms with Gasteiger partial charge in [-0.05, 0) is 36.6 Å². The lowest BCUT2D eigenvalue weighted by Gasteiger charge is -2.19. The third kappa shape index (κ3) is 5.72. The van der Waals surface area contributed by atoms with Gasteiger partial charge in [0, 0.05) is 31.4 Å². The van der Waals surface area contributed by atoms with Crippen molar-refractivity contribution in [2.24, 2.45) is 0 Å². The molecule has 1 atom stereocenters. The van der Waals surface area contributed by atoms with Crippen molar-refractivity contribution in [3.63, 3.8) is 0 Å². The van der Waals surface area contributed by atoms with Gasteiger partial charge in [0.05, 0.1) is 6.04 Å². The Kier molecular flexibility index (Phi) is 7.07. The zero-order chi connectivity index (χ0) is 23.9. The highest BCUT2D eigenvalue weighted by Gasteiger charge is 2.13. The number of rotatable bonds is 9. The van der Waals surface area contributed by atoms with Gasteiger partial charge >= 0.3 is 5.97 Å². The molecular formula is C26H26N6O2. The SMILES string of the molecule is CC(Nc1nccc(N(C)c2ccnc(-c3ccccc3)n2)n1)c1cccc(CCC(=O)O)c1. The first kappa shape index (κ1) is 22.8. The van der Waals surface area contributed by atoms with Crippen LogP contribution in [0.3, 0.4) is 0 Å². The van der Waals surface area contributed by atoms with E-state index < -0.39 is 5.97 Å². The second-order valence-corrected chi connectivity index (χ2v) is 7.91. The molecule has 4 rings (SSSR count). The van der Waals surface area contributed by atoms with Gasteiger partial charge in [-0.15, -0.1) is 0 Å². The molecule has 0 aliphatic heterocycles. The number of aryl methyl sites for hydroxylation is 1. The lowest BCUT2D eigenvalue weighted by Crippen LogP contribution is -2.16. The van der Waals surface area contributed by atoms with Crippen molar-refractivity contribution >= 4 is 23.6 Å². The molecule has 8 nitrogen and oxygen atoms in total. The molecule has 2 N–H and O–H groups in total. The van der Waals surface area contributed by atoms with Gasteiger partial charge in [-0.3, -0.25) is 4.79 Å². The van der Waals surface area contributed by atoms with E-state index in [2.05, 4.69) is 25.3 Å². The van der Waals surface area contributed by atoms with Crippen LogP contribution < -0.4 is 10.2 Å². The van der Waals surface area contributed by atoms with Gasteiger partial charge in [-0.1, -0.05) is 54.6 Å². The van der Waals surface area contributed by atoms with Crippen LogP contribution in [0.2, 0.25) is 0 Å². The van der Waals surface area contributed by atoms with Crippen LogP contribution in [0.5, 0.6) is 0 Å². The lowest BCUT2D eigenvalue weighted by molar-refractivity contribution is -0.136. The van der Waals surface area contributed by atoms with Crippen LogP contribution in [0.25, 0.3) is 11.4 Å². The van der Waals surface area contributed by atoms with Crippen LogP contribution in [0, 0.1) is 0 Å². The Balaban J connectivity index is 1.49. The molecule has 0 spiro atoms. The molecule has 0 amide bonds. The van der Waals surface area contributed by atoms with Gasteiger partial charge in [-0.25, -0.2) is 15.0 Å². The quantitative estimate of drug-likeness (QED) is 0.368. The molecule has 0 aliphatic rings. The van der Waals surface area contributed by atoms with Crippen LogP contribution in [-0.4, -0.2) is 38.1 Å². The summed E-state index contributed by atoms with van der Waals surface area (Å²) in [6.45, 7) is 2.02. The minimum Gasteiger partial charge on any atom is -0.481 e. The highest BCUT2D eigenvalue weighted by Crippen LogP contribution is 2.24. The number of aromatic nitrogens is 4. The van der Waals surface area contributed by atoms with E-state index in [1.807, 2.05) is 85.6 Å².